The summed E-state index contributed by atoms with van der Waals surface area (Å²) in [5.74, 6) is -1.11. The zero-order chi connectivity index (χ0) is 29.0. The molecule has 0 spiro atoms. The van der Waals surface area contributed by atoms with Gasteiger partial charge in [-0.25, -0.2) is 0 Å². The maximum atomic E-state index is 6.70. The van der Waals surface area contributed by atoms with Gasteiger partial charge in [-0.05, 0) is 29.2 Å². The molecule has 6 nitrogen and oxygen atoms in total. The van der Waals surface area contributed by atoms with Crippen LogP contribution in [0, 0.1) is 0 Å². The number of benzene rings is 4. The first-order valence-corrected chi connectivity index (χ1v) is 14.5. The zero-order valence-corrected chi connectivity index (χ0v) is 24.3. The van der Waals surface area contributed by atoms with Gasteiger partial charge in [-0.1, -0.05) is 121 Å². The first-order chi connectivity index (χ1) is 20.6. The Morgan fingerprint density at radius 2 is 0.952 bits per heavy atom. The number of methoxy groups -OCH3 is 1. The zero-order valence-electron chi connectivity index (χ0n) is 24.3. The number of rotatable bonds is 14. The lowest BCUT2D eigenvalue weighted by Gasteiger charge is -2.50. The van der Waals surface area contributed by atoms with Gasteiger partial charge in [0.15, 0.2) is 5.79 Å². The normalized spacial score (nSPS) is 24.0. The van der Waals surface area contributed by atoms with Gasteiger partial charge >= 0.3 is 0 Å². The minimum Gasteiger partial charge on any atom is -0.374 e. The van der Waals surface area contributed by atoms with Crippen molar-refractivity contribution in [2.24, 2.45) is 0 Å². The molecular weight excluding hydrogens is 528 g/mol. The Hall–Kier alpha value is -3.36. The number of hydrogen-bond acceptors (Lipinski definition) is 6. The van der Waals surface area contributed by atoms with Crippen molar-refractivity contribution in [1.29, 1.82) is 0 Å². The SMILES string of the molecule is CO[C@@]1(C)O[C@H](COCc2ccccc2)[C@H](OCc2ccccc2)[C@H](OCc2ccccc2)[C@H]1OCc1ccccc1. The fourth-order valence-electron chi connectivity index (χ4n) is 5.20. The lowest BCUT2D eigenvalue weighted by molar-refractivity contribution is -0.370. The molecule has 0 saturated carbocycles. The summed E-state index contributed by atoms with van der Waals surface area (Å²) in [5.41, 5.74) is 4.26. The van der Waals surface area contributed by atoms with Crippen LogP contribution in [-0.2, 0) is 54.8 Å². The minimum atomic E-state index is -1.11. The van der Waals surface area contributed by atoms with Gasteiger partial charge in [0, 0.05) is 7.11 Å². The maximum Gasteiger partial charge on any atom is 0.194 e. The maximum absolute atomic E-state index is 6.70. The first-order valence-electron chi connectivity index (χ1n) is 14.5. The van der Waals surface area contributed by atoms with Crippen LogP contribution in [0.1, 0.15) is 29.2 Å². The molecule has 0 radical (unpaired) electrons. The van der Waals surface area contributed by atoms with Crippen LogP contribution in [0.2, 0.25) is 0 Å². The van der Waals surface area contributed by atoms with Gasteiger partial charge in [0.1, 0.15) is 24.4 Å². The van der Waals surface area contributed by atoms with E-state index in [2.05, 4.69) is 12.1 Å². The van der Waals surface area contributed by atoms with Gasteiger partial charge in [-0.2, -0.15) is 0 Å². The molecule has 220 valence electrons. The summed E-state index contributed by atoms with van der Waals surface area (Å²) in [6.45, 7) is 3.81. The fraction of sp³-hybridized carbons (Fsp3) is 0.333. The van der Waals surface area contributed by atoms with E-state index in [0.717, 1.165) is 22.3 Å². The van der Waals surface area contributed by atoms with E-state index in [1.165, 1.54) is 0 Å². The number of ether oxygens (including phenoxy) is 6. The van der Waals surface area contributed by atoms with Crippen molar-refractivity contribution >= 4 is 0 Å². The van der Waals surface area contributed by atoms with Crippen LogP contribution in [-0.4, -0.2) is 43.9 Å². The van der Waals surface area contributed by atoms with E-state index < -0.39 is 30.2 Å². The molecule has 5 rings (SSSR count). The van der Waals surface area contributed by atoms with Crippen LogP contribution in [0.3, 0.4) is 0 Å². The summed E-state index contributed by atoms with van der Waals surface area (Å²) in [6.07, 6.45) is -2.06. The summed E-state index contributed by atoms with van der Waals surface area (Å²) in [6, 6.07) is 40.4. The van der Waals surface area contributed by atoms with Gasteiger partial charge in [0.2, 0.25) is 0 Å². The summed E-state index contributed by atoms with van der Waals surface area (Å²) < 4.78 is 38.8. The molecule has 0 N–H and O–H groups in total. The molecule has 5 atom stereocenters. The van der Waals surface area contributed by atoms with Crippen molar-refractivity contribution in [3.05, 3.63) is 144 Å². The van der Waals surface area contributed by atoms with Crippen LogP contribution in [0.5, 0.6) is 0 Å². The lowest BCUT2D eigenvalue weighted by atomic mass is 9.92. The standard InChI is InChI=1S/C36H40O6/c1-36(37-2)35(41-26-31-21-13-6-14-22-31)34(40-25-30-19-11-5-12-20-30)33(39-24-29-17-9-4-10-18-29)32(42-36)27-38-23-28-15-7-3-8-16-28/h3-22,32-35H,23-27H2,1-2H3/t32-,33+,34+,35-,36+/m1/s1. The molecule has 1 saturated heterocycles. The molecule has 0 aliphatic carbocycles. The molecule has 0 aromatic heterocycles. The second-order valence-corrected chi connectivity index (χ2v) is 10.6. The Morgan fingerprint density at radius 3 is 1.40 bits per heavy atom. The molecule has 4 aromatic rings. The predicted molar refractivity (Wildman–Crippen MR) is 161 cm³/mol. The third-order valence-corrected chi connectivity index (χ3v) is 7.53. The molecule has 6 heteroatoms. The quantitative estimate of drug-likeness (QED) is 0.168. The van der Waals surface area contributed by atoms with E-state index in [1.807, 2.05) is 116 Å². The van der Waals surface area contributed by atoms with Crippen LogP contribution >= 0.6 is 0 Å². The fourth-order valence-corrected chi connectivity index (χ4v) is 5.20. The Kier molecular flexibility index (Phi) is 10.9. The van der Waals surface area contributed by atoms with Gasteiger partial charge in [0.25, 0.3) is 0 Å². The second kappa shape index (κ2) is 15.2. The minimum absolute atomic E-state index is 0.296. The summed E-state index contributed by atoms with van der Waals surface area (Å²) >= 11 is 0. The number of hydrogen-bond donors (Lipinski definition) is 0. The van der Waals surface area contributed by atoms with Crippen LogP contribution in [0.15, 0.2) is 121 Å². The molecule has 1 aliphatic rings. The van der Waals surface area contributed by atoms with Crippen LogP contribution in [0.4, 0.5) is 0 Å². The predicted octanol–water partition coefficient (Wildman–Crippen LogP) is 6.72. The highest BCUT2D eigenvalue weighted by molar-refractivity contribution is 5.16. The van der Waals surface area contributed by atoms with Crippen molar-refractivity contribution in [2.75, 3.05) is 13.7 Å². The van der Waals surface area contributed by atoms with E-state index in [4.69, 9.17) is 28.4 Å². The summed E-state index contributed by atoms with van der Waals surface area (Å²) in [5, 5.41) is 0. The van der Waals surface area contributed by atoms with Gasteiger partial charge in [0.05, 0.1) is 33.0 Å². The molecule has 4 aromatic carbocycles. The van der Waals surface area contributed by atoms with E-state index in [1.54, 1.807) is 7.11 Å². The van der Waals surface area contributed by atoms with Crippen LogP contribution in [0.25, 0.3) is 0 Å². The molecular formula is C36H40O6. The van der Waals surface area contributed by atoms with E-state index in [0.29, 0.717) is 33.0 Å². The lowest BCUT2D eigenvalue weighted by Crippen LogP contribution is -2.66. The van der Waals surface area contributed by atoms with Crippen molar-refractivity contribution in [3.63, 3.8) is 0 Å². The van der Waals surface area contributed by atoms with Crippen molar-refractivity contribution in [1.82, 2.24) is 0 Å². The van der Waals surface area contributed by atoms with E-state index in [-0.39, 0.29) is 0 Å². The first kappa shape index (κ1) is 30.1. The summed E-state index contributed by atoms with van der Waals surface area (Å²) in [7, 11) is 1.64. The third kappa shape index (κ3) is 8.13. The van der Waals surface area contributed by atoms with Crippen molar-refractivity contribution in [2.45, 2.75) is 63.6 Å². The topological polar surface area (TPSA) is 55.4 Å². The molecule has 1 aliphatic heterocycles. The molecule has 42 heavy (non-hydrogen) atoms. The highest BCUT2D eigenvalue weighted by Gasteiger charge is 2.55. The van der Waals surface area contributed by atoms with Crippen molar-refractivity contribution in [3.8, 4) is 0 Å². The Morgan fingerprint density at radius 1 is 0.548 bits per heavy atom. The van der Waals surface area contributed by atoms with Crippen molar-refractivity contribution < 1.29 is 28.4 Å². The third-order valence-electron chi connectivity index (χ3n) is 7.53. The van der Waals surface area contributed by atoms with Gasteiger partial charge < -0.3 is 28.4 Å². The Balaban J connectivity index is 1.42. The second-order valence-electron chi connectivity index (χ2n) is 10.6. The Labute approximate surface area is 249 Å². The highest BCUT2D eigenvalue weighted by Crippen LogP contribution is 2.37. The average molecular weight is 569 g/mol. The average Bonchev–Trinajstić information content (AvgIpc) is 3.05. The van der Waals surface area contributed by atoms with Crippen LogP contribution < -0.4 is 0 Å². The highest BCUT2D eigenvalue weighted by atomic mass is 16.7. The monoisotopic (exact) mass is 568 g/mol. The van der Waals surface area contributed by atoms with E-state index in [9.17, 15) is 0 Å². The molecule has 1 heterocycles. The van der Waals surface area contributed by atoms with Gasteiger partial charge in [-0.3, -0.25) is 0 Å². The molecule has 1 fully saturated rings. The Bertz CT molecular complexity index is 1300. The van der Waals surface area contributed by atoms with Gasteiger partial charge in [-0.15, -0.1) is 0 Å². The molecule has 0 amide bonds. The molecule has 0 bridgehead atoms. The largest absolute Gasteiger partial charge is 0.374 e. The van der Waals surface area contributed by atoms with E-state index >= 15 is 0 Å². The molecule has 0 unspecified atom stereocenters. The summed E-state index contributed by atoms with van der Waals surface area (Å²) in [4.78, 5) is 0. The smallest absolute Gasteiger partial charge is 0.194 e.